The van der Waals surface area contributed by atoms with Gasteiger partial charge in [0.2, 0.25) is 5.82 Å². The molecule has 11 heteroatoms. The van der Waals surface area contributed by atoms with Crippen molar-refractivity contribution in [3.63, 3.8) is 0 Å². The highest BCUT2D eigenvalue weighted by Gasteiger charge is 2.62. The summed E-state index contributed by atoms with van der Waals surface area (Å²) in [5.41, 5.74) is -6.31. The first-order chi connectivity index (χ1) is 9.91. The second-order valence-electron chi connectivity index (χ2n) is 4.56. The number of aliphatic hydroxyl groups is 1. The van der Waals surface area contributed by atoms with Crippen LogP contribution >= 0.6 is 0 Å². The number of nitrogens with zero attached hydrogens (tertiary/aromatic N) is 2. The molecule has 0 spiro atoms. The van der Waals surface area contributed by atoms with Crippen molar-refractivity contribution in [1.82, 2.24) is 0 Å². The first-order valence-corrected chi connectivity index (χ1v) is 5.56. The van der Waals surface area contributed by atoms with E-state index in [-0.39, 0.29) is 0 Å². The van der Waals surface area contributed by atoms with Crippen LogP contribution in [0.4, 0.5) is 40.8 Å². The van der Waals surface area contributed by atoms with E-state index in [2.05, 4.69) is 5.10 Å². The molecule has 0 radical (unpaired) electrons. The molecular weight excluding hydrogens is 328 g/mol. The molecule has 1 aliphatic heterocycles. The van der Waals surface area contributed by atoms with Gasteiger partial charge in [0.25, 0.3) is 5.72 Å². The van der Waals surface area contributed by atoms with Crippen LogP contribution in [0.15, 0.2) is 5.10 Å². The Morgan fingerprint density at radius 2 is 1.36 bits per heavy atom. The number of halogens is 8. The minimum absolute atomic E-state index is 0.413. The summed E-state index contributed by atoms with van der Waals surface area (Å²) in [5, 5.41) is 12.0. The van der Waals surface area contributed by atoms with Crippen LogP contribution in [0.25, 0.3) is 0 Å². The Morgan fingerprint density at radius 1 is 0.955 bits per heavy atom. The van der Waals surface area contributed by atoms with Gasteiger partial charge in [0.05, 0.1) is 0 Å². The van der Waals surface area contributed by atoms with Crippen LogP contribution in [0.5, 0.6) is 0 Å². The van der Waals surface area contributed by atoms with Crippen molar-refractivity contribution in [2.75, 3.05) is 5.01 Å². The maximum Gasteiger partial charge on any atom is 0.438 e. The fourth-order valence-electron chi connectivity index (χ4n) is 1.95. The second kappa shape index (κ2) is 4.80. The van der Waals surface area contributed by atoms with Gasteiger partial charge in [-0.25, -0.2) is 27.0 Å². The molecule has 22 heavy (non-hydrogen) atoms. The summed E-state index contributed by atoms with van der Waals surface area (Å²) in [5.74, 6) is -12.5. The van der Waals surface area contributed by atoms with Gasteiger partial charge in [-0.2, -0.15) is 18.3 Å². The minimum atomic E-state index is -5.46. The van der Waals surface area contributed by atoms with Gasteiger partial charge in [0.1, 0.15) is 5.69 Å². The second-order valence-corrected chi connectivity index (χ2v) is 4.56. The standard InChI is InChI=1S/C11H6F8N2O/c1-3-2-10(22,11(17,18)19)21(20-3)9-7(15)5(13)4(12)6(14)8(9)16/h22H,2H2,1H3. The molecule has 0 saturated carbocycles. The molecule has 0 bridgehead atoms. The van der Waals surface area contributed by atoms with E-state index < -0.39 is 63.8 Å². The van der Waals surface area contributed by atoms with Crippen LogP contribution in [-0.2, 0) is 0 Å². The molecule has 1 unspecified atom stereocenters. The summed E-state index contributed by atoms with van der Waals surface area (Å²) in [6, 6.07) is 0. The molecule has 1 aromatic rings. The predicted molar refractivity (Wildman–Crippen MR) is 57.4 cm³/mol. The molecule has 1 N–H and O–H groups in total. The predicted octanol–water partition coefficient (Wildman–Crippen LogP) is 3.22. The Balaban J connectivity index is 2.75. The molecule has 0 fully saturated rings. The van der Waals surface area contributed by atoms with Crippen molar-refractivity contribution in [3.05, 3.63) is 29.1 Å². The van der Waals surface area contributed by atoms with Crippen molar-refractivity contribution in [1.29, 1.82) is 0 Å². The Morgan fingerprint density at radius 3 is 1.77 bits per heavy atom. The Hall–Kier alpha value is -1.91. The van der Waals surface area contributed by atoms with Crippen molar-refractivity contribution in [3.8, 4) is 0 Å². The molecule has 1 atom stereocenters. The number of hydrogen-bond acceptors (Lipinski definition) is 3. The molecule has 0 aromatic heterocycles. The van der Waals surface area contributed by atoms with Crippen LogP contribution in [0.1, 0.15) is 13.3 Å². The maximum absolute atomic E-state index is 13.6. The van der Waals surface area contributed by atoms with Gasteiger partial charge in [-0.3, -0.25) is 0 Å². The molecule has 0 saturated heterocycles. The molecule has 1 aliphatic rings. The van der Waals surface area contributed by atoms with E-state index in [4.69, 9.17) is 0 Å². The summed E-state index contributed by atoms with van der Waals surface area (Å²) in [4.78, 5) is 0. The summed E-state index contributed by atoms with van der Waals surface area (Å²) >= 11 is 0. The van der Waals surface area contributed by atoms with Gasteiger partial charge in [-0.05, 0) is 6.92 Å². The van der Waals surface area contributed by atoms with Gasteiger partial charge in [-0.15, -0.1) is 0 Å². The Bertz CT molecular complexity index is 642. The van der Waals surface area contributed by atoms with Crippen LogP contribution in [0.3, 0.4) is 0 Å². The Labute approximate surface area is 117 Å². The largest absolute Gasteiger partial charge is 0.438 e. The molecule has 122 valence electrons. The zero-order valence-corrected chi connectivity index (χ0v) is 10.6. The average molecular weight is 334 g/mol. The van der Waals surface area contributed by atoms with Crippen molar-refractivity contribution >= 4 is 11.4 Å². The average Bonchev–Trinajstić information content (AvgIpc) is 2.70. The molecule has 1 heterocycles. The van der Waals surface area contributed by atoms with Crippen LogP contribution in [0.2, 0.25) is 0 Å². The fraction of sp³-hybridized carbons (Fsp3) is 0.364. The molecule has 3 nitrogen and oxygen atoms in total. The van der Waals surface area contributed by atoms with Crippen molar-refractivity contribution < 1.29 is 40.2 Å². The lowest BCUT2D eigenvalue weighted by Crippen LogP contribution is -2.55. The smallest absolute Gasteiger partial charge is 0.362 e. The van der Waals surface area contributed by atoms with E-state index in [9.17, 15) is 40.2 Å². The molecule has 0 amide bonds. The van der Waals surface area contributed by atoms with Crippen molar-refractivity contribution in [2.45, 2.75) is 25.2 Å². The van der Waals surface area contributed by atoms with E-state index in [1.165, 1.54) is 0 Å². The minimum Gasteiger partial charge on any atom is -0.362 e. The highest BCUT2D eigenvalue weighted by atomic mass is 19.4. The normalized spacial score (nSPS) is 22.3. The van der Waals surface area contributed by atoms with E-state index >= 15 is 0 Å². The topological polar surface area (TPSA) is 35.8 Å². The highest BCUT2D eigenvalue weighted by molar-refractivity contribution is 5.87. The molecule has 1 aromatic carbocycles. The number of rotatable bonds is 1. The van der Waals surface area contributed by atoms with Crippen molar-refractivity contribution in [2.24, 2.45) is 5.10 Å². The number of hydrazone groups is 1. The van der Waals surface area contributed by atoms with E-state index in [0.29, 0.717) is 0 Å². The lowest BCUT2D eigenvalue weighted by Gasteiger charge is -2.34. The quantitative estimate of drug-likeness (QED) is 0.486. The summed E-state index contributed by atoms with van der Waals surface area (Å²) in [6.45, 7) is 0.989. The number of hydrogen-bond donors (Lipinski definition) is 1. The lowest BCUT2D eigenvalue weighted by molar-refractivity contribution is -0.254. The van der Waals surface area contributed by atoms with Gasteiger partial charge in [0.15, 0.2) is 23.3 Å². The van der Waals surface area contributed by atoms with Gasteiger partial charge < -0.3 is 5.11 Å². The van der Waals surface area contributed by atoms with Gasteiger partial charge in [0, 0.05) is 12.1 Å². The first-order valence-electron chi connectivity index (χ1n) is 5.56. The first kappa shape index (κ1) is 16.5. The zero-order chi connectivity index (χ0) is 17.0. The van der Waals surface area contributed by atoms with Gasteiger partial charge >= 0.3 is 6.18 Å². The zero-order valence-electron chi connectivity index (χ0n) is 10.6. The van der Waals surface area contributed by atoms with Crippen LogP contribution in [-0.4, -0.2) is 22.7 Å². The molecule has 0 aliphatic carbocycles. The fourth-order valence-corrected chi connectivity index (χ4v) is 1.95. The van der Waals surface area contributed by atoms with E-state index in [1.54, 1.807) is 0 Å². The highest BCUT2D eigenvalue weighted by Crippen LogP contribution is 2.45. The lowest BCUT2D eigenvalue weighted by atomic mass is 10.1. The third kappa shape index (κ3) is 2.11. The maximum atomic E-state index is 13.6. The van der Waals surface area contributed by atoms with Gasteiger partial charge in [-0.1, -0.05) is 0 Å². The molecule has 2 rings (SSSR count). The van der Waals surface area contributed by atoms with E-state index in [0.717, 1.165) is 6.92 Å². The monoisotopic (exact) mass is 334 g/mol. The Kier molecular flexibility index (Phi) is 3.59. The van der Waals surface area contributed by atoms with Crippen LogP contribution in [0, 0.1) is 29.1 Å². The summed E-state index contributed by atoms with van der Waals surface area (Å²) < 4.78 is 105. The number of alkyl halides is 3. The number of benzene rings is 1. The molecular formula is C11H6F8N2O. The van der Waals surface area contributed by atoms with E-state index in [1.807, 2.05) is 0 Å². The van der Waals surface area contributed by atoms with Crippen LogP contribution < -0.4 is 5.01 Å². The summed E-state index contributed by atoms with van der Waals surface area (Å²) in [6.07, 6.45) is -6.68. The third-order valence-corrected chi connectivity index (χ3v) is 2.98. The number of anilines is 1. The third-order valence-electron chi connectivity index (χ3n) is 2.98. The summed E-state index contributed by atoms with van der Waals surface area (Å²) in [7, 11) is 0. The SMILES string of the molecule is CC1=NN(c2c(F)c(F)c(F)c(F)c2F)C(O)(C(F)(F)F)C1.